The number of aliphatic hydroxyl groups is 9. The van der Waals surface area contributed by atoms with Crippen molar-refractivity contribution in [3.05, 3.63) is 0 Å². The van der Waals surface area contributed by atoms with Crippen LogP contribution in [0.3, 0.4) is 0 Å². The molecule has 3 saturated heterocycles. The number of aliphatic carboxylic acids is 1. The largest absolute Gasteiger partial charge is 0.477 e. The van der Waals surface area contributed by atoms with Crippen molar-refractivity contribution >= 4 is 23.7 Å². The molecule has 22 heteroatoms. The topological polar surface area (TPSA) is 353 Å². The Balaban J connectivity index is 1.98. The number of carbonyl (C=O) groups excluding carboxylic acids is 3. The van der Waals surface area contributed by atoms with E-state index in [9.17, 15) is 70.2 Å². The molecular formula is C27H45N3O19. The number of ether oxygens (including phenoxy) is 5. The molecule has 1 unspecified atom stereocenters. The first-order valence-corrected chi connectivity index (χ1v) is 15.2. The fourth-order valence-corrected chi connectivity index (χ4v) is 5.82. The lowest BCUT2D eigenvalue weighted by Crippen LogP contribution is -2.71. The van der Waals surface area contributed by atoms with E-state index in [4.69, 9.17) is 23.7 Å². The first-order chi connectivity index (χ1) is 22.9. The van der Waals surface area contributed by atoms with Gasteiger partial charge in [0, 0.05) is 33.7 Å². The van der Waals surface area contributed by atoms with E-state index in [1.54, 1.807) is 0 Å². The summed E-state index contributed by atoms with van der Waals surface area (Å²) in [5.41, 5.74) is 0. The molecule has 0 spiro atoms. The van der Waals surface area contributed by atoms with Gasteiger partial charge in [-0.2, -0.15) is 0 Å². The molecular weight excluding hydrogens is 670 g/mol. The second-order valence-electron chi connectivity index (χ2n) is 12.0. The van der Waals surface area contributed by atoms with Crippen molar-refractivity contribution in [1.82, 2.24) is 16.0 Å². The molecule has 0 aliphatic carbocycles. The average molecular weight is 716 g/mol. The quantitative estimate of drug-likeness (QED) is 0.0842. The van der Waals surface area contributed by atoms with E-state index in [0.29, 0.717) is 0 Å². The van der Waals surface area contributed by atoms with Gasteiger partial charge in [-0.15, -0.1) is 0 Å². The first-order valence-electron chi connectivity index (χ1n) is 15.2. The van der Waals surface area contributed by atoms with Crippen LogP contribution in [0.4, 0.5) is 0 Å². The maximum Gasteiger partial charge on any atom is 0.364 e. The summed E-state index contributed by atoms with van der Waals surface area (Å²) in [6, 6.07) is -3.10. The first kappa shape index (κ1) is 40.7. The predicted molar refractivity (Wildman–Crippen MR) is 153 cm³/mol. The Hall–Kier alpha value is -2.68. The number of aliphatic hydroxyl groups excluding tert-OH is 9. The standard InChI is InChI=1S/C27H45N3O19/c1-8(33)28-5-12(37)17(38)22-15(29-9(2)34)11(36)4-27(48-22,26(43)44)49-23-19(40)14(7-32)46-25(20(23)41)47-21-16(30-10(3)35)24(42)45-13(6-31)18(21)39/h11-25,31-32,36-42H,4-7H2,1-3H3,(H,28,33)(H,29,34)(H,30,35)(H,43,44)/t11-,12+,13+,14+,15+,16+,17+,18-,19-,20+,21+,22+,23-,24?,25-,27-/m0/s1. The second-order valence-corrected chi connectivity index (χ2v) is 12.0. The summed E-state index contributed by atoms with van der Waals surface area (Å²) >= 11 is 0. The molecule has 3 aliphatic heterocycles. The monoisotopic (exact) mass is 715 g/mol. The van der Waals surface area contributed by atoms with E-state index >= 15 is 0 Å². The van der Waals surface area contributed by atoms with Crippen LogP contribution in [0.15, 0.2) is 0 Å². The third-order valence-electron chi connectivity index (χ3n) is 8.24. The van der Waals surface area contributed by atoms with Crippen LogP contribution in [0, 0.1) is 0 Å². The lowest BCUT2D eigenvalue weighted by molar-refractivity contribution is -0.380. The van der Waals surface area contributed by atoms with Crippen molar-refractivity contribution in [3.63, 3.8) is 0 Å². The van der Waals surface area contributed by atoms with Gasteiger partial charge in [-0.05, 0) is 0 Å². The Morgan fingerprint density at radius 2 is 1.37 bits per heavy atom. The Bertz CT molecular complexity index is 1170. The SMILES string of the molecule is CC(=O)NC[C@@H](O)[C@@H](O)[C@@H]1O[C@@](O[C@H]2[C@@H](O)[C@@H](CO)O[C@@H](O[C@H]3[C@@H](O)[C@@H](CO)OC(O)[C@@H]3NC(C)=O)[C@@H]2O)(C(=O)O)C[C@H](O)[C@H]1NC(C)=O. The molecule has 3 aliphatic rings. The van der Waals surface area contributed by atoms with Crippen LogP contribution in [-0.4, -0.2) is 192 Å². The smallest absolute Gasteiger partial charge is 0.364 e. The summed E-state index contributed by atoms with van der Waals surface area (Å²) in [5.74, 6) is -7.12. The Morgan fingerprint density at radius 1 is 0.816 bits per heavy atom. The summed E-state index contributed by atoms with van der Waals surface area (Å²) in [7, 11) is 0. The van der Waals surface area contributed by atoms with Crippen LogP contribution >= 0.6 is 0 Å². The van der Waals surface area contributed by atoms with Crippen LogP contribution in [-0.2, 0) is 42.9 Å². The van der Waals surface area contributed by atoms with Crippen LogP contribution in [0.2, 0.25) is 0 Å². The summed E-state index contributed by atoms with van der Waals surface area (Å²) in [6.07, 6.45) is -25.8. The molecule has 3 rings (SSSR count). The van der Waals surface area contributed by atoms with Crippen molar-refractivity contribution in [3.8, 4) is 0 Å². The maximum absolute atomic E-state index is 12.8. The van der Waals surface area contributed by atoms with Crippen LogP contribution < -0.4 is 16.0 Å². The summed E-state index contributed by atoms with van der Waals surface area (Å²) in [5, 5.41) is 113. The molecule has 0 aromatic rings. The van der Waals surface area contributed by atoms with Gasteiger partial charge in [0.25, 0.3) is 5.79 Å². The molecule has 0 aromatic heterocycles. The van der Waals surface area contributed by atoms with Gasteiger partial charge < -0.3 is 90.7 Å². The second kappa shape index (κ2) is 17.0. The fraction of sp³-hybridized carbons (Fsp3) is 0.852. The Labute approximate surface area is 278 Å². The minimum Gasteiger partial charge on any atom is -0.477 e. The molecule has 3 heterocycles. The van der Waals surface area contributed by atoms with E-state index in [2.05, 4.69) is 16.0 Å². The lowest BCUT2D eigenvalue weighted by Gasteiger charge is -2.50. The molecule has 49 heavy (non-hydrogen) atoms. The van der Waals surface area contributed by atoms with Gasteiger partial charge in [0.15, 0.2) is 12.6 Å². The van der Waals surface area contributed by atoms with E-state index in [-0.39, 0.29) is 0 Å². The van der Waals surface area contributed by atoms with Crippen molar-refractivity contribution in [2.24, 2.45) is 0 Å². The van der Waals surface area contributed by atoms with Crippen LogP contribution in [0.5, 0.6) is 0 Å². The third kappa shape index (κ3) is 9.36. The molecule has 22 nitrogen and oxygen atoms in total. The highest BCUT2D eigenvalue weighted by Gasteiger charge is 2.60. The van der Waals surface area contributed by atoms with E-state index < -0.39 is 147 Å². The Morgan fingerprint density at radius 3 is 1.90 bits per heavy atom. The molecule has 0 radical (unpaired) electrons. The van der Waals surface area contributed by atoms with Gasteiger partial charge in [-0.1, -0.05) is 0 Å². The zero-order valence-electron chi connectivity index (χ0n) is 26.6. The third-order valence-corrected chi connectivity index (χ3v) is 8.24. The van der Waals surface area contributed by atoms with Gasteiger partial charge in [-0.25, -0.2) is 4.79 Å². The van der Waals surface area contributed by atoms with Crippen molar-refractivity contribution in [2.45, 2.75) is 125 Å². The average Bonchev–Trinajstić information content (AvgIpc) is 3.02. The van der Waals surface area contributed by atoms with E-state index in [1.165, 1.54) is 0 Å². The number of carbonyl (C=O) groups is 4. The molecule has 13 N–H and O–H groups in total. The number of amides is 3. The maximum atomic E-state index is 12.8. The minimum atomic E-state index is -3.06. The molecule has 0 aromatic carbocycles. The van der Waals surface area contributed by atoms with Gasteiger partial charge >= 0.3 is 5.97 Å². The number of nitrogens with one attached hydrogen (secondary N) is 3. The normalized spacial score (nSPS) is 40.9. The zero-order valence-corrected chi connectivity index (χ0v) is 26.6. The van der Waals surface area contributed by atoms with Gasteiger partial charge in [0.05, 0.1) is 31.5 Å². The number of hydrogen-bond acceptors (Lipinski definition) is 18. The van der Waals surface area contributed by atoms with Gasteiger partial charge in [-0.3, -0.25) is 14.4 Å². The lowest BCUT2D eigenvalue weighted by atomic mass is 9.88. The fourth-order valence-electron chi connectivity index (χ4n) is 5.82. The molecule has 0 bridgehead atoms. The molecule has 282 valence electrons. The highest BCUT2D eigenvalue weighted by Crippen LogP contribution is 2.38. The Kier molecular flexibility index (Phi) is 14.2. The number of carboxylic acid groups (broad SMARTS) is 1. The summed E-state index contributed by atoms with van der Waals surface area (Å²) < 4.78 is 27.5. The minimum absolute atomic E-state index is 0.571. The van der Waals surface area contributed by atoms with Gasteiger partial charge in [0.1, 0.15) is 61.0 Å². The summed E-state index contributed by atoms with van der Waals surface area (Å²) in [4.78, 5) is 47.9. The van der Waals surface area contributed by atoms with E-state index in [0.717, 1.165) is 20.8 Å². The number of hydrogen-bond donors (Lipinski definition) is 13. The van der Waals surface area contributed by atoms with Crippen molar-refractivity contribution in [2.75, 3.05) is 19.8 Å². The highest BCUT2D eigenvalue weighted by molar-refractivity contribution is 5.77. The van der Waals surface area contributed by atoms with Crippen LogP contribution in [0.25, 0.3) is 0 Å². The number of carboxylic acids is 1. The molecule has 16 atom stereocenters. The van der Waals surface area contributed by atoms with E-state index in [1.807, 2.05) is 0 Å². The van der Waals surface area contributed by atoms with Crippen molar-refractivity contribution < 1.29 is 93.9 Å². The van der Waals surface area contributed by atoms with Gasteiger partial charge in [0.2, 0.25) is 17.7 Å². The zero-order chi connectivity index (χ0) is 37.0. The van der Waals surface area contributed by atoms with Crippen molar-refractivity contribution in [1.29, 1.82) is 0 Å². The number of rotatable bonds is 13. The molecule has 3 fully saturated rings. The highest BCUT2D eigenvalue weighted by atomic mass is 16.8. The van der Waals surface area contributed by atoms with Crippen LogP contribution in [0.1, 0.15) is 27.2 Å². The molecule has 0 saturated carbocycles. The molecule has 3 amide bonds. The predicted octanol–water partition coefficient (Wildman–Crippen LogP) is -7.94. The summed E-state index contributed by atoms with van der Waals surface area (Å²) in [6.45, 7) is 0.808.